The van der Waals surface area contributed by atoms with Crippen LogP contribution in [-0.2, 0) is 5.41 Å². The van der Waals surface area contributed by atoms with Gasteiger partial charge in [0, 0.05) is 22.6 Å². The molecule has 53 heavy (non-hydrogen) atoms. The molecular weight excluding hydrogens is 644 g/mol. The van der Waals surface area contributed by atoms with Gasteiger partial charge in [-0.15, -0.1) is 0 Å². The molecule has 0 N–H and O–H groups in total. The second kappa shape index (κ2) is 10.7. The molecule has 0 fully saturated rings. The molecule has 0 radical (unpaired) electrons. The van der Waals surface area contributed by atoms with E-state index in [1.807, 2.05) is 24.3 Å². The van der Waals surface area contributed by atoms with Crippen LogP contribution in [0.5, 0.6) is 5.75 Å². The van der Waals surface area contributed by atoms with Gasteiger partial charge in [-0.25, -0.2) is 0 Å². The lowest BCUT2D eigenvalue weighted by Gasteiger charge is -2.43. The van der Waals surface area contributed by atoms with Crippen LogP contribution in [0.25, 0.3) is 44.5 Å². The van der Waals surface area contributed by atoms with Gasteiger partial charge in [0.05, 0.1) is 7.11 Å². The molecule has 250 valence electrons. The van der Waals surface area contributed by atoms with Gasteiger partial charge in [-0.1, -0.05) is 129 Å². The molecule has 11 rings (SSSR count). The number of carbonyl (C=O) groups excluding carboxylic acids is 1. The van der Waals surface area contributed by atoms with E-state index in [-0.39, 0.29) is 18.8 Å². The average Bonchev–Trinajstić information content (AvgIpc) is 3.71. The van der Waals surface area contributed by atoms with Gasteiger partial charge < -0.3 is 9.64 Å². The van der Waals surface area contributed by atoms with Gasteiger partial charge in [0.15, 0.2) is 0 Å². The summed E-state index contributed by atoms with van der Waals surface area (Å²) in [4.78, 5) is 14.2. The maximum Gasteiger partial charge on any atom is 0.248 e. The van der Waals surface area contributed by atoms with Crippen molar-refractivity contribution in [1.29, 1.82) is 0 Å². The number of rotatable bonds is 4. The van der Waals surface area contributed by atoms with Crippen LogP contribution >= 0.6 is 0 Å². The highest BCUT2D eigenvalue weighted by atomic mass is 16.5. The maximum absolute atomic E-state index is 11.6. The lowest BCUT2D eigenvalue weighted by molar-refractivity contribution is 0.112. The number of aldehydes is 1. The largest absolute Gasteiger partial charge is 0.497 e. The number of anilines is 3. The normalized spacial score (nSPS) is 13.6. The summed E-state index contributed by atoms with van der Waals surface area (Å²) in [5.41, 5.74) is 24.1. The number of methoxy groups -OCH3 is 1. The molecule has 0 saturated heterocycles. The van der Waals surface area contributed by atoms with Crippen LogP contribution in [0.1, 0.15) is 36.7 Å². The topological polar surface area (TPSA) is 29.5 Å². The Kier molecular flexibility index (Phi) is 6.19. The minimum atomic E-state index is -0.0332. The smallest absolute Gasteiger partial charge is 0.248 e. The first-order chi connectivity index (χ1) is 25.8. The Hall–Kier alpha value is -6.06. The number of fused-ring (bicyclic) bond motifs is 10. The highest BCUT2D eigenvalue weighted by Gasteiger charge is 2.50. The van der Waals surface area contributed by atoms with E-state index in [1.165, 1.54) is 88.8 Å². The van der Waals surface area contributed by atoms with Crippen molar-refractivity contribution in [3.63, 3.8) is 0 Å². The third kappa shape index (κ3) is 4.16. The van der Waals surface area contributed by atoms with E-state index in [1.54, 1.807) is 7.11 Å². The molecule has 3 nitrogen and oxygen atoms in total. The maximum atomic E-state index is 11.6. The van der Waals surface area contributed by atoms with Crippen molar-refractivity contribution in [1.82, 2.24) is 0 Å². The lowest BCUT2D eigenvalue weighted by Crippen LogP contribution is -2.63. The third-order valence-corrected chi connectivity index (χ3v) is 12.2. The Morgan fingerprint density at radius 2 is 1.17 bits per heavy atom. The molecular formula is C48H35B2NO2. The Morgan fingerprint density at radius 3 is 1.89 bits per heavy atom. The molecule has 0 amide bonds. The van der Waals surface area contributed by atoms with E-state index in [2.05, 4.69) is 135 Å². The van der Waals surface area contributed by atoms with Gasteiger partial charge in [0.1, 0.15) is 12.0 Å². The fourth-order valence-electron chi connectivity index (χ4n) is 9.69. The molecule has 0 atom stereocenters. The molecule has 4 heterocycles. The fraction of sp³-hybridized carbons (Fsp3) is 0.104. The van der Waals surface area contributed by atoms with Crippen LogP contribution in [0.2, 0.25) is 0 Å². The van der Waals surface area contributed by atoms with E-state index >= 15 is 0 Å². The highest BCUT2D eigenvalue weighted by Crippen LogP contribution is 2.46. The van der Waals surface area contributed by atoms with Crippen molar-refractivity contribution in [3.05, 3.63) is 145 Å². The van der Waals surface area contributed by atoms with Crippen molar-refractivity contribution in [2.75, 3.05) is 12.0 Å². The summed E-state index contributed by atoms with van der Waals surface area (Å²) in [5.74, 6) is 0.863. The lowest BCUT2D eigenvalue weighted by atomic mass is 9.32. The minimum absolute atomic E-state index is 0.0332. The Bertz CT molecular complexity index is 2730. The Labute approximate surface area is 311 Å². The van der Waals surface area contributed by atoms with Crippen LogP contribution in [0, 0.1) is 0 Å². The zero-order valence-corrected chi connectivity index (χ0v) is 30.2. The first kappa shape index (κ1) is 30.6. The Balaban J connectivity index is 1.21. The SMILES string of the molecule is COc1ccc(-c2ccc3c(c2)-c2cccc4c2B3c2cc(C(C)(C)C)cc3c2N4c2cc(-c4ccc(C=O)cc4)cc4c2B3c2ccccc2-4)cc1. The molecule has 4 aliphatic rings. The van der Waals surface area contributed by atoms with Gasteiger partial charge in [0.2, 0.25) is 13.4 Å². The first-order valence-corrected chi connectivity index (χ1v) is 18.6. The number of hydrogen-bond acceptors (Lipinski definition) is 3. The summed E-state index contributed by atoms with van der Waals surface area (Å²) in [7, 11) is 1.71. The zero-order valence-electron chi connectivity index (χ0n) is 30.2. The Morgan fingerprint density at radius 1 is 0.547 bits per heavy atom. The second-order valence-corrected chi connectivity index (χ2v) is 16.0. The summed E-state index contributed by atoms with van der Waals surface area (Å²) in [5, 5.41) is 0. The standard InChI is InChI=1S/C48H35B2NO2/c1-48(2,3)33-25-41-47-42(26-33)50-40-21-18-31(29-16-19-34(53-4)20-17-29)22-37(40)36-9-7-11-43(45(36)50)51(47)44-24-32(30-14-12-28(27-52)13-15-30)23-38-35-8-5-6-10-39(35)49(41)46(38)44/h5-27H,1-4H3. The van der Waals surface area contributed by atoms with E-state index in [9.17, 15) is 4.79 Å². The van der Waals surface area contributed by atoms with Crippen LogP contribution in [-0.4, -0.2) is 26.8 Å². The van der Waals surface area contributed by atoms with Crippen LogP contribution < -0.4 is 42.4 Å². The minimum Gasteiger partial charge on any atom is -0.497 e. The fourth-order valence-corrected chi connectivity index (χ4v) is 9.69. The molecule has 0 bridgehead atoms. The molecule has 7 aromatic rings. The number of benzene rings is 7. The molecule has 0 aromatic heterocycles. The van der Waals surface area contributed by atoms with Crippen molar-refractivity contribution >= 4 is 69.6 Å². The third-order valence-electron chi connectivity index (χ3n) is 12.2. The van der Waals surface area contributed by atoms with Gasteiger partial charge in [-0.3, -0.25) is 4.79 Å². The highest BCUT2D eigenvalue weighted by molar-refractivity contribution is 7.05. The van der Waals surface area contributed by atoms with E-state index in [4.69, 9.17) is 4.74 Å². The van der Waals surface area contributed by atoms with Crippen molar-refractivity contribution in [3.8, 4) is 50.3 Å². The quantitative estimate of drug-likeness (QED) is 0.145. The molecule has 5 heteroatoms. The first-order valence-electron chi connectivity index (χ1n) is 18.6. The van der Waals surface area contributed by atoms with Crippen molar-refractivity contribution in [2.45, 2.75) is 26.2 Å². The predicted octanol–water partition coefficient (Wildman–Crippen LogP) is 7.23. The molecule has 0 spiro atoms. The van der Waals surface area contributed by atoms with Crippen LogP contribution in [0.15, 0.2) is 133 Å². The second-order valence-electron chi connectivity index (χ2n) is 16.0. The summed E-state index contributed by atoms with van der Waals surface area (Å²) in [6.07, 6.45) is 0.916. The monoisotopic (exact) mass is 679 g/mol. The zero-order chi connectivity index (χ0) is 35.7. The summed E-state index contributed by atoms with van der Waals surface area (Å²) >= 11 is 0. The van der Waals surface area contributed by atoms with Gasteiger partial charge in [-0.05, 0) is 114 Å². The van der Waals surface area contributed by atoms with Crippen LogP contribution in [0.3, 0.4) is 0 Å². The molecule has 4 aliphatic heterocycles. The van der Waals surface area contributed by atoms with Crippen molar-refractivity contribution < 1.29 is 9.53 Å². The molecule has 0 unspecified atom stereocenters. The van der Waals surface area contributed by atoms with E-state index in [0.717, 1.165) is 23.2 Å². The van der Waals surface area contributed by atoms with Crippen molar-refractivity contribution in [2.24, 2.45) is 0 Å². The van der Waals surface area contributed by atoms with Crippen LogP contribution in [0.4, 0.5) is 17.1 Å². The summed E-state index contributed by atoms with van der Waals surface area (Å²) < 4.78 is 5.46. The number of hydrogen-bond donors (Lipinski definition) is 0. The van der Waals surface area contributed by atoms with Gasteiger partial charge in [-0.2, -0.15) is 0 Å². The van der Waals surface area contributed by atoms with E-state index in [0.29, 0.717) is 5.56 Å². The van der Waals surface area contributed by atoms with Gasteiger partial charge >= 0.3 is 0 Å². The number of nitrogens with zero attached hydrogens (tertiary/aromatic N) is 1. The number of ether oxygens (including phenoxy) is 1. The molecule has 7 aromatic carbocycles. The summed E-state index contributed by atoms with van der Waals surface area (Å²) in [6, 6.07) is 49.2. The van der Waals surface area contributed by atoms with Gasteiger partial charge in [0.25, 0.3) is 0 Å². The average molecular weight is 679 g/mol. The number of carbonyl (C=O) groups is 1. The predicted molar refractivity (Wildman–Crippen MR) is 223 cm³/mol. The van der Waals surface area contributed by atoms with E-state index < -0.39 is 0 Å². The summed E-state index contributed by atoms with van der Waals surface area (Å²) in [6.45, 7) is 7.30. The molecule has 0 saturated carbocycles. The molecule has 0 aliphatic carbocycles.